The highest BCUT2D eigenvalue weighted by atomic mass is 16.5. The number of aromatic nitrogens is 2. The van der Waals surface area contributed by atoms with Gasteiger partial charge in [-0.2, -0.15) is 4.98 Å². The van der Waals surface area contributed by atoms with Crippen LogP contribution in [0.1, 0.15) is 15.9 Å². The lowest BCUT2D eigenvalue weighted by Crippen LogP contribution is -2.49. The van der Waals surface area contributed by atoms with Crippen LogP contribution in [0.4, 0.5) is 11.8 Å². The zero-order chi connectivity index (χ0) is 28.9. The number of nitrogens with two attached hydrogens (primary N) is 1. The van der Waals surface area contributed by atoms with Gasteiger partial charge in [0.2, 0.25) is 11.7 Å². The summed E-state index contributed by atoms with van der Waals surface area (Å²) in [5.74, 6) is 3.12. The maximum atomic E-state index is 13.5. The van der Waals surface area contributed by atoms with E-state index in [1.807, 2.05) is 35.2 Å². The third kappa shape index (κ3) is 5.69. The van der Waals surface area contributed by atoms with Gasteiger partial charge in [-0.3, -0.25) is 4.79 Å². The molecule has 0 radical (unpaired) electrons. The first-order valence-electron chi connectivity index (χ1n) is 13.1. The predicted molar refractivity (Wildman–Crippen MR) is 155 cm³/mol. The second kappa shape index (κ2) is 12.1. The summed E-state index contributed by atoms with van der Waals surface area (Å²) in [6.45, 7) is 2.36. The van der Waals surface area contributed by atoms with E-state index in [9.17, 15) is 4.79 Å². The van der Waals surface area contributed by atoms with Crippen LogP contribution in [0.15, 0.2) is 54.6 Å². The Morgan fingerprint density at radius 1 is 0.805 bits per heavy atom. The van der Waals surface area contributed by atoms with E-state index in [2.05, 4.69) is 4.98 Å². The summed E-state index contributed by atoms with van der Waals surface area (Å²) in [6.07, 6.45) is 0. The van der Waals surface area contributed by atoms with Gasteiger partial charge in [0, 0.05) is 43.2 Å². The second-order valence-corrected chi connectivity index (χ2v) is 9.40. The number of nitrogens with zero attached hydrogens (tertiary/aromatic N) is 4. The Bertz CT molecular complexity index is 1510. The van der Waals surface area contributed by atoms with Crippen LogP contribution >= 0.6 is 0 Å². The lowest BCUT2D eigenvalue weighted by atomic mass is 10.1. The fourth-order valence-electron chi connectivity index (χ4n) is 4.78. The van der Waals surface area contributed by atoms with Crippen molar-refractivity contribution >= 4 is 28.6 Å². The molecule has 1 aromatic heterocycles. The van der Waals surface area contributed by atoms with E-state index >= 15 is 0 Å². The predicted octanol–water partition coefficient (Wildman–Crippen LogP) is 3.79. The average Bonchev–Trinajstić information content (AvgIpc) is 3.02. The highest BCUT2D eigenvalue weighted by Crippen LogP contribution is 2.39. The molecule has 1 amide bonds. The van der Waals surface area contributed by atoms with E-state index in [1.54, 1.807) is 43.4 Å². The normalized spacial score (nSPS) is 13.2. The van der Waals surface area contributed by atoms with Crippen LogP contribution in [0.25, 0.3) is 10.9 Å². The summed E-state index contributed by atoms with van der Waals surface area (Å²) < 4.78 is 28.0. The number of fused-ring (bicyclic) bond motifs is 1. The van der Waals surface area contributed by atoms with E-state index in [-0.39, 0.29) is 5.91 Å². The lowest BCUT2D eigenvalue weighted by Gasteiger charge is -2.35. The van der Waals surface area contributed by atoms with Crippen molar-refractivity contribution in [1.29, 1.82) is 0 Å². The standard InChI is InChI=1S/C30H33N5O6/c1-37-23-16-21-22(17-24(23)38-2)32-30(33-28(21)31)35-12-10-34(11-13-35)29(36)20-14-25(39-3)27(26(15-20)40-4)41-18-19-8-6-5-7-9-19/h5-9,14-17H,10-13,18H2,1-4H3,(H2,31,32,33). The summed E-state index contributed by atoms with van der Waals surface area (Å²) in [5, 5.41) is 0.680. The Hall–Kier alpha value is -4.93. The molecular formula is C30H33N5O6. The monoisotopic (exact) mass is 559 g/mol. The maximum absolute atomic E-state index is 13.5. The van der Waals surface area contributed by atoms with Crippen LogP contribution in [-0.4, -0.2) is 75.4 Å². The molecule has 4 aromatic rings. The summed E-state index contributed by atoms with van der Waals surface area (Å²) in [6, 6.07) is 16.7. The van der Waals surface area contributed by atoms with E-state index in [0.29, 0.717) is 89.8 Å². The molecule has 214 valence electrons. The van der Waals surface area contributed by atoms with E-state index in [4.69, 9.17) is 34.4 Å². The molecule has 41 heavy (non-hydrogen) atoms. The van der Waals surface area contributed by atoms with Gasteiger partial charge in [0.25, 0.3) is 5.91 Å². The van der Waals surface area contributed by atoms with Gasteiger partial charge < -0.3 is 39.2 Å². The number of carbonyl (C=O) groups excluding carboxylic acids is 1. The van der Waals surface area contributed by atoms with Crippen molar-refractivity contribution in [3.63, 3.8) is 0 Å². The summed E-state index contributed by atoms with van der Waals surface area (Å²) in [4.78, 5) is 26.5. The van der Waals surface area contributed by atoms with Crippen LogP contribution in [0.5, 0.6) is 28.7 Å². The molecule has 5 rings (SSSR count). The SMILES string of the molecule is COc1cc2nc(N3CCN(C(=O)c4cc(OC)c(OCc5ccccc5)c(OC)c4)CC3)nc(N)c2cc1OC. The molecule has 1 fully saturated rings. The number of nitrogen functional groups attached to an aromatic ring is 1. The molecule has 0 aliphatic carbocycles. The van der Waals surface area contributed by atoms with Crippen molar-refractivity contribution in [2.24, 2.45) is 0 Å². The third-order valence-corrected chi connectivity index (χ3v) is 7.00. The molecule has 11 nitrogen and oxygen atoms in total. The molecule has 1 saturated heterocycles. The summed E-state index contributed by atoms with van der Waals surface area (Å²) in [7, 11) is 6.22. The molecule has 0 spiro atoms. The molecule has 3 aromatic carbocycles. The van der Waals surface area contributed by atoms with Crippen molar-refractivity contribution in [3.05, 3.63) is 65.7 Å². The highest BCUT2D eigenvalue weighted by molar-refractivity contribution is 5.96. The number of anilines is 2. The number of hydrogen-bond acceptors (Lipinski definition) is 10. The van der Waals surface area contributed by atoms with Crippen LogP contribution in [0.2, 0.25) is 0 Å². The van der Waals surface area contributed by atoms with Gasteiger partial charge >= 0.3 is 0 Å². The number of hydrogen-bond donors (Lipinski definition) is 1. The molecule has 0 bridgehead atoms. The Balaban J connectivity index is 1.30. The number of rotatable bonds is 9. The Labute approximate surface area is 238 Å². The maximum Gasteiger partial charge on any atom is 0.254 e. The zero-order valence-electron chi connectivity index (χ0n) is 23.5. The second-order valence-electron chi connectivity index (χ2n) is 9.40. The van der Waals surface area contributed by atoms with Crippen molar-refractivity contribution in [2.45, 2.75) is 6.61 Å². The smallest absolute Gasteiger partial charge is 0.254 e. The Morgan fingerprint density at radius 2 is 1.41 bits per heavy atom. The lowest BCUT2D eigenvalue weighted by molar-refractivity contribution is 0.0745. The van der Waals surface area contributed by atoms with Crippen LogP contribution in [-0.2, 0) is 6.61 Å². The first-order chi connectivity index (χ1) is 19.9. The van der Waals surface area contributed by atoms with Gasteiger partial charge in [-0.15, -0.1) is 0 Å². The number of benzene rings is 3. The number of amides is 1. The number of methoxy groups -OCH3 is 4. The number of carbonyl (C=O) groups is 1. The molecule has 0 saturated carbocycles. The number of piperazine rings is 1. The van der Waals surface area contributed by atoms with Crippen molar-refractivity contribution < 1.29 is 28.5 Å². The van der Waals surface area contributed by atoms with Gasteiger partial charge in [0.1, 0.15) is 12.4 Å². The largest absolute Gasteiger partial charge is 0.493 e. The van der Waals surface area contributed by atoms with Gasteiger partial charge in [-0.1, -0.05) is 30.3 Å². The van der Waals surface area contributed by atoms with E-state index in [0.717, 1.165) is 5.56 Å². The number of ether oxygens (including phenoxy) is 5. The van der Waals surface area contributed by atoms with Gasteiger partial charge in [0.05, 0.1) is 34.0 Å². The molecule has 0 atom stereocenters. The van der Waals surface area contributed by atoms with Gasteiger partial charge in [-0.05, 0) is 23.8 Å². The van der Waals surface area contributed by atoms with Gasteiger partial charge in [-0.25, -0.2) is 4.98 Å². The zero-order valence-corrected chi connectivity index (χ0v) is 23.5. The van der Waals surface area contributed by atoms with E-state index in [1.165, 1.54) is 14.2 Å². The Morgan fingerprint density at radius 3 is 2.02 bits per heavy atom. The fourth-order valence-corrected chi connectivity index (χ4v) is 4.78. The molecule has 1 aliphatic rings. The van der Waals surface area contributed by atoms with Gasteiger partial charge in [0.15, 0.2) is 23.0 Å². The third-order valence-electron chi connectivity index (χ3n) is 7.00. The quantitative estimate of drug-likeness (QED) is 0.324. The minimum atomic E-state index is -0.133. The average molecular weight is 560 g/mol. The van der Waals surface area contributed by atoms with Crippen molar-refractivity contribution in [3.8, 4) is 28.7 Å². The molecule has 2 N–H and O–H groups in total. The first kappa shape index (κ1) is 27.6. The van der Waals surface area contributed by atoms with Crippen LogP contribution in [0.3, 0.4) is 0 Å². The molecule has 11 heteroatoms. The Kier molecular flexibility index (Phi) is 8.14. The summed E-state index contributed by atoms with van der Waals surface area (Å²) in [5.41, 5.74) is 8.39. The topological polar surface area (TPSA) is 122 Å². The molecule has 1 aliphatic heterocycles. The molecule has 0 unspecified atom stereocenters. The highest BCUT2D eigenvalue weighted by Gasteiger charge is 2.26. The van der Waals surface area contributed by atoms with Crippen molar-refractivity contribution in [2.75, 3.05) is 65.3 Å². The first-order valence-corrected chi connectivity index (χ1v) is 13.1. The summed E-state index contributed by atoms with van der Waals surface area (Å²) >= 11 is 0. The van der Waals surface area contributed by atoms with Crippen molar-refractivity contribution in [1.82, 2.24) is 14.9 Å². The van der Waals surface area contributed by atoms with Crippen LogP contribution < -0.4 is 34.3 Å². The van der Waals surface area contributed by atoms with Crippen LogP contribution in [0, 0.1) is 0 Å². The molecular weight excluding hydrogens is 526 g/mol. The molecule has 2 heterocycles. The fraction of sp³-hybridized carbons (Fsp3) is 0.300. The van der Waals surface area contributed by atoms with E-state index < -0.39 is 0 Å². The minimum Gasteiger partial charge on any atom is -0.493 e. The minimum absolute atomic E-state index is 0.133.